The first-order valence-electron chi connectivity index (χ1n) is 10.4. The molecule has 0 bridgehead atoms. The summed E-state index contributed by atoms with van der Waals surface area (Å²) in [6.45, 7) is 0.946. The summed E-state index contributed by atoms with van der Waals surface area (Å²) in [7, 11) is 0. The topological polar surface area (TPSA) is 109 Å². The molecule has 0 unspecified atom stereocenters. The number of nitro benzene ring substituents is 1. The van der Waals surface area contributed by atoms with Crippen molar-refractivity contribution in [1.82, 2.24) is 14.8 Å². The van der Waals surface area contributed by atoms with Gasteiger partial charge in [-0.3, -0.25) is 14.7 Å². The third-order valence-electron chi connectivity index (χ3n) is 4.90. The van der Waals surface area contributed by atoms with Crippen LogP contribution < -0.4 is 10.5 Å². The van der Waals surface area contributed by atoms with E-state index in [1.165, 1.54) is 17.8 Å². The Labute approximate surface area is 195 Å². The maximum Gasteiger partial charge on any atom is 0.269 e. The van der Waals surface area contributed by atoms with Gasteiger partial charge in [0.15, 0.2) is 5.16 Å². The van der Waals surface area contributed by atoms with Gasteiger partial charge in [-0.25, -0.2) is 0 Å². The summed E-state index contributed by atoms with van der Waals surface area (Å²) in [6, 6.07) is 24.4. The summed E-state index contributed by atoms with van der Waals surface area (Å²) in [6.07, 6.45) is 0.580. The van der Waals surface area contributed by atoms with Gasteiger partial charge in [0.2, 0.25) is 0 Å². The summed E-state index contributed by atoms with van der Waals surface area (Å²) >= 11 is 1.47. The molecule has 0 aliphatic heterocycles. The first kappa shape index (κ1) is 22.5. The van der Waals surface area contributed by atoms with E-state index < -0.39 is 4.92 Å². The number of ether oxygens (including phenoxy) is 1. The molecule has 0 aliphatic carbocycles. The molecule has 4 rings (SSSR count). The van der Waals surface area contributed by atoms with Gasteiger partial charge < -0.3 is 10.5 Å². The van der Waals surface area contributed by atoms with Gasteiger partial charge in [-0.15, -0.1) is 10.2 Å². The van der Waals surface area contributed by atoms with Crippen LogP contribution in [0.25, 0.3) is 5.69 Å². The van der Waals surface area contributed by atoms with Crippen molar-refractivity contribution in [1.29, 1.82) is 0 Å². The number of nitrogens with zero attached hydrogens (tertiary/aromatic N) is 4. The first-order chi connectivity index (χ1) is 16.1. The SMILES string of the molecule is NCCc1nnc(SCc2cccc([N+](=O)[O-])c2)n1-c1ccc(OCc2ccccc2)cc1. The molecular weight excluding hydrogens is 438 g/mol. The van der Waals surface area contributed by atoms with Crippen molar-refractivity contribution >= 4 is 17.4 Å². The number of hydrogen-bond donors (Lipinski definition) is 1. The van der Waals surface area contributed by atoms with Crippen molar-refractivity contribution in [2.45, 2.75) is 23.9 Å². The van der Waals surface area contributed by atoms with E-state index in [2.05, 4.69) is 10.2 Å². The van der Waals surface area contributed by atoms with Gasteiger partial charge in [-0.2, -0.15) is 0 Å². The molecule has 0 fully saturated rings. The molecule has 0 spiro atoms. The van der Waals surface area contributed by atoms with E-state index >= 15 is 0 Å². The molecule has 0 atom stereocenters. The first-order valence-corrected chi connectivity index (χ1v) is 11.4. The second-order valence-electron chi connectivity index (χ2n) is 7.26. The zero-order chi connectivity index (χ0) is 23.0. The van der Waals surface area contributed by atoms with Crippen LogP contribution in [0.1, 0.15) is 17.0 Å². The van der Waals surface area contributed by atoms with Crippen LogP contribution in [0.4, 0.5) is 5.69 Å². The van der Waals surface area contributed by atoms with Crippen molar-refractivity contribution in [2.75, 3.05) is 6.54 Å². The minimum Gasteiger partial charge on any atom is -0.489 e. The molecule has 8 nitrogen and oxygen atoms in total. The summed E-state index contributed by atoms with van der Waals surface area (Å²) < 4.78 is 7.86. The van der Waals surface area contributed by atoms with E-state index in [1.807, 2.05) is 65.2 Å². The molecule has 0 saturated heterocycles. The van der Waals surface area contributed by atoms with E-state index in [1.54, 1.807) is 12.1 Å². The Morgan fingerprint density at radius 1 is 0.970 bits per heavy atom. The molecule has 0 aliphatic rings. The van der Waals surface area contributed by atoms with Gasteiger partial charge >= 0.3 is 0 Å². The monoisotopic (exact) mass is 461 g/mol. The lowest BCUT2D eigenvalue weighted by Crippen LogP contribution is -2.09. The second-order valence-corrected chi connectivity index (χ2v) is 8.20. The predicted octanol–water partition coefficient (Wildman–Crippen LogP) is 4.55. The Balaban J connectivity index is 1.51. The number of rotatable bonds is 10. The van der Waals surface area contributed by atoms with Crippen LogP contribution >= 0.6 is 11.8 Å². The van der Waals surface area contributed by atoms with Crippen molar-refractivity contribution in [2.24, 2.45) is 5.73 Å². The molecule has 0 amide bonds. The molecule has 2 N–H and O–H groups in total. The summed E-state index contributed by atoms with van der Waals surface area (Å²) in [5, 5.41) is 20.4. The average molecular weight is 462 g/mol. The largest absolute Gasteiger partial charge is 0.489 e. The molecule has 1 heterocycles. The third-order valence-corrected chi connectivity index (χ3v) is 5.90. The molecule has 9 heteroatoms. The number of benzene rings is 3. The minimum atomic E-state index is -0.391. The lowest BCUT2D eigenvalue weighted by atomic mass is 10.2. The van der Waals surface area contributed by atoms with Gasteiger partial charge in [-0.1, -0.05) is 54.2 Å². The smallest absolute Gasteiger partial charge is 0.269 e. The molecule has 0 radical (unpaired) electrons. The van der Waals surface area contributed by atoms with Crippen molar-refractivity contribution in [3.05, 3.63) is 106 Å². The maximum atomic E-state index is 11.0. The van der Waals surface area contributed by atoms with Crippen molar-refractivity contribution < 1.29 is 9.66 Å². The van der Waals surface area contributed by atoms with E-state index in [-0.39, 0.29) is 5.69 Å². The minimum absolute atomic E-state index is 0.0736. The van der Waals surface area contributed by atoms with Gasteiger partial charge in [0, 0.05) is 30.0 Å². The number of hydrogen-bond acceptors (Lipinski definition) is 7. The highest BCUT2D eigenvalue weighted by molar-refractivity contribution is 7.98. The summed E-state index contributed by atoms with van der Waals surface area (Å²) in [4.78, 5) is 10.7. The van der Waals surface area contributed by atoms with E-state index in [0.29, 0.717) is 30.5 Å². The third kappa shape index (κ3) is 5.76. The van der Waals surface area contributed by atoms with Crippen LogP contribution in [0.2, 0.25) is 0 Å². The molecule has 168 valence electrons. The average Bonchev–Trinajstić information content (AvgIpc) is 3.25. The number of non-ortho nitro benzene ring substituents is 1. The number of nitro groups is 1. The lowest BCUT2D eigenvalue weighted by molar-refractivity contribution is -0.384. The fraction of sp³-hybridized carbons (Fsp3) is 0.167. The highest BCUT2D eigenvalue weighted by Crippen LogP contribution is 2.27. The highest BCUT2D eigenvalue weighted by atomic mass is 32.2. The molecule has 4 aromatic rings. The van der Waals surface area contributed by atoms with Crippen molar-refractivity contribution in [3.8, 4) is 11.4 Å². The Hall–Kier alpha value is -3.69. The van der Waals surface area contributed by atoms with E-state index in [4.69, 9.17) is 10.5 Å². The Bertz CT molecular complexity index is 1210. The van der Waals surface area contributed by atoms with E-state index in [9.17, 15) is 10.1 Å². The fourth-order valence-electron chi connectivity index (χ4n) is 3.28. The number of thioether (sulfide) groups is 1. The van der Waals surface area contributed by atoms with Gasteiger partial charge in [0.25, 0.3) is 5.69 Å². The van der Waals surface area contributed by atoms with Crippen LogP contribution in [-0.4, -0.2) is 26.2 Å². The van der Waals surface area contributed by atoms with Crippen LogP contribution in [0.15, 0.2) is 84.0 Å². The van der Waals surface area contributed by atoms with Crippen LogP contribution in [-0.2, 0) is 18.8 Å². The quantitative estimate of drug-likeness (QED) is 0.210. The summed E-state index contributed by atoms with van der Waals surface area (Å²) in [5.41, 5.74) is 8.69. The standard InChI is InChI=1S/C24H23N5O3S/c25-14-13-23-26-27-24(33-17-19-7-4-8-21(15-19)29(30)31)28(23)20-9-11-22(12-10-20)32-16-18-5-2-1-3-6-18/h1-12,15H,13-14,16-17,25H2. The Kier molecular flexibility index (Phi) is 7.33. The zero-order valence-electron chi connectivity index (χ0n) is 17.8. The van der Waals surface area contributed by atoms with Crippen LogP contribution in [0.5, 0.6) is 5.75 Å². The van der Waals surface area contributed by atoms with E-state index in [0.717, 1.165) is 28.4 Å². The van der Waals surface area contributed by atoms with Gasteiger partial charge in [-0.05, 0) is 41.9 Å². The second kappa shape index (κ2) is 10.8. The van der Waals surface area contributed by atoms with Gasteiger partial charge in [0.1, 0.15) is 18.2 Å². The maximum absolute atomic E-state index is 11.0. The Morgan fingerprint density at radius 3 is 2.45 bits per heavy atom. The molecular formula is C24H23N5O3S. The van der Waals surface area contributed by atoms with Crippen LogP contribution in [0.3, 0.4) is 0 Å². The fourth-order valence-corrected chi connectivity index (χ4v) is 4.20. The van der Waals surface area contributed by atoms with Gasteiger partial charge in [0.05, 0.1) is 4.92 Å². The zero-order valence-corrected chi connectivity index (χ0v) is 18.6. The van der Waals surface area contributed by atoms with Crippen LogP contribution in [0, 0.1) is 10.1 Å². The normalized spacial score (nSPS) is 10.8. The number of aromatic nitrogens is 3. The Morgan fingerprint density at radius 2 is 1.73 bits per heavy atom. The molecule has 0 saturated carbocycles. The molecule has 33 heavy (non-hydrogen) atoms. The van der Waals surface area contributed by atoms with Crippen molar-refractivity contribution in [3.63, 3.8) is 0 Å². The summed E-state index contributed by atoms with van der Waals surface area (Å²) in [5.74, 6) is 2.06. The predicted molar refractivity (Wildman–Crippen MR) is 128 cm³/mol. The highest BCUT2D eigenvalue weighted by Gasteiger charge is 2.15. The molecule has 1 aromatic heterocycles. The number of nitrogens with two attached hydrogens (primary N) is 1. The molecule has 3 aromatic carbocycles. The lowest BCUT2D eigenvalue weighted by Gasteiger charge is -2.12.